The third-order valence-corrected chi connectivity index (χ3v) is 3.23. The number of pyridine rings is 2. The number of halogens is 1. The van der Waals surface area contributed by atoms with Crippen molar-refractivity contribution in [1.29, 1.82) is 0 Å². The van der Waals surface area contributed by atoms with Crippen LogP contribution in [0.25, 0.3) is 0 Å². The molecule has 0 aliphatic heterocycles. The zero-order valence-electron chi connectivity index (χ0n) is 12.6. The average molecular weight is 337 g/mol. The third kappa shape index (κ3) is 4.50. The van der Waals surface area contributed by atoms with E-state index in [2.05, 4.69) is 30.4 Å². The molecule has 0 amide bonds. The van der Waals surface area contributed by atoms with E-state index in [9.17, 15) is 0 Å². The van der Waals surface area contributed by atoms with E-state index in [1.807, 2.05) is 42.5 Å². The first-order chi connectivity index (χ1) is 11.8. The first-order valence-corrected chi connectivity index (χ1v) is 7.57. The van der Waals surface area contributed by atoms with Crippen LogP contribution in [0.2, 0.25) is 5.02 Å². The Morgan fingerprint density at radius 3 is 2.38 bits per heavy atom. The summed E-state index contributed by atoms with van der Waals surface area (Å²) >= 11 is 5.81. The van der Waals surface area contributed by atoms with Gasteiger partial charge in [-0.25, -0.2) is 4.98 Å². The van der Waals surface area contributed by atoms with Crippen molar-refractivity contribution in [1.82, 2.24) is 9.97 Å². The van der Waals surface area contributed by atoms with Crippen LogP contribution in [-0.4, -0.2) is 9.97 Å². The standard InChI is InChI=1S/C17H13ClN6/c18-14-8-9-16(20-12-14)22-24-17(13-5-4-10-19-11-13)23-21-15-6-2-1-3-7-15/h1-12,17H. The SMILES string of the molecule is Clc1ccc(N=NC(N=Nc2ccccc2)c2cccnc2)nc1. The molecule has 118 valence electrons. The molecule has 24 heavy (non-hydrogen) atoms. The number of azo groups is 2. The quantitative estimate of drug-likeness (QED) is 0.560. The van der Waals surface area contributed by atoms with E-state index in [4.69, 9.17) is 11.6 Å². The second kappa shape index (κ2) is 8.03. The van der Waals surface area contributed by atoms with Gasteiger partial charge in [0.1, 0.15) is 0 Å². The lowest BCUT2D eigenvalue weighted by molar-refractivity contribution is 0.684. The van der Waals surface area contributed by atoms with E-state index in [1.54, 1.807) is 24.5 Å². The largest absolute Gasteiger partial charge is 0.264 e. The van der Waals surface area contributed by atoms with Gasteiger partial charge in [-0.2, -0.15) is 15.3 Å². The highest BCUT2D eigenvalue weighted by Crippen LogP contribution is 2.23. The van der Waals surface area contributed by atoms with Crippen LogP contribution in [-0.2, 0) is 0 Å². The van der Waals surface area contributed by atoms with Gasteiger partial charge >= 0.3 is 0 Å². The van der Waals surface area contributed by atoms with E-state index in [1.165, 1.54) is 6.20 Å². The predicted octanol–water partition coefficient (Wildman–Crippen LogP) is 5.70. The molecule has 0 bridgehead atoms. The van der Waals surface area contributed by atoms with E-state index < -0.39 is 6.17 Å². The predicted molar refractivity (Wildman–Crippen MR) is 91.7 cm³/mol. The molecule has 0 aliphatic carbocycles. The lowest BCUT2D eigenvalue weighted by Crippen LogP contribution is -1.91. The van der Waals surface area contributed by atoms with Crippen molar-refractivity contribution in [2.24, 2.45) is 20.5 Å². The van der Waals surface area contributed by atoms with Crippen molar-refractivity contribution in [3.05, 3.63) is 83.8 Å². The Morgan fingerprint density at radius 2 is 1.67 bits per heavy atom. The molecule has 1 atom stereocenters. The second-order valence-electron chi connectivity index (χ2n) is 4.76. The Balaban J connectivity index is 1.85. The number of rotatable bonds is 5. The summed E-state index contributed by atoms with van der Waals surface area (Å²) in [6, 6.07) is 16.5. The molecule has 0 saturated carbocycles. The molecule has 3 aromatic rings. The molecule has 2 heterocycles. The summed E-state index contributed by atoms with van der Waals surface area (Å²) in [7, 11) is 0. The van der Waals surface area contributed by atoms with Crippen molar-refractivity contribution in [2.75, 3.05) is 0 Å². The average Bonchev–Trinajstić information content (AvgIpc) is 2.65. The molecular weight excluding hydrogens is 324 g/mol. The van der Waals surface area contributed by atoms with Crippen LogP contribution in [0.1, 0.15) is 11.7 Å². The van der Waals surface area contributed by atoms with Crippen molar-refractivity contribution >= 4 is 23.1 Å². The summed E-state index contributed by atoms with van der Waals surface area (Å²) in [5.74, 6) is 0.447. The topological polar surface area (TPSA) is 75.2 Å². The molecule has 6 nitrogen and oxygen atoms in total. The minimum absolute atomic E-state index is 0.447. The van der Waals surface area contributed by atoms with Crippen LogP contribution in [0.15, 0.2) is 93.6 Å². The van der Waals surface area contributed by atoms with Crippen molar-refractivity contribution in [3.8, 4) is 0 Å². The van der Waals surface area contributed by atoms with E-state index in [-0.39, 0.29) is 0 Å². The molecule has 0 radical (unpaired) electrons. The molecule has 2 aromatic heterocycles. The summed E-state index contributed by atoms with van der Waals surface area (Å²) in [6.07, 6.45) is 4.28. The number of aromatic nitrogens is 2. The van der Waals surface area contributed by atoms with Crippen molar-refractivity contribution in [2.45, 2.75) is 6.17 Å². The van der Waals surface area contributed by atoms with Gasteiger partial charge in [0.15, 0.2) is 5.82 Å². The van der Waals surface area contributed by atoms with Gasteiger partial charge in [0.2, 0.25) is 6.17 Å². The molecule has 1 unspecified atom stereocenters. The van der Waals surface area contributed by atoms with Crippen molar-refractivity contribution < 1.29 is 0 Å². The summed E-state index contributed by atoms with van der Waals surface area (Å²) in [5.41, 5.74) is 1.53. The number of hydrogen-bond donors (Lipinski definition) is 0. The van der Waals surface area contributed by atoms with Crippen LogP contribution in [0.3, 0.4) is 0 Å². The smallest absolute Gasteiger partial charge is 0.208 e. The monoisotopic (exact) mass is 336 g/mol. The highest BCUT2D eigenvalue weighted by molar-refractivity contribution is 6.30. The fourth-order valence-electron chi connectivity index (χ4n) is 1.84. The molecule has 1 aromatic carbocycles. The molecule has 7 heteroatoms. The lowest BCUT2D eigenvalue weighted by atomic mass is 10.2. The zero-order chi connectivity index (χ0) is 16.6. The summed E-state index contributed by atoms with van der Waals surface area (Å²) in [4.78, 5) is 8.17. The minimum Gasteiger partial charge on any atom is -0.264 e. The molecule has 0 aliphatic rings. The van der Waals surface area contributed by atoms with Crippen LogP contribution in [0.5, 0.6) is 0 Å². The third-order valence-electron chi connectivity index (χ3n) is 3.00. The molecule has 0 N–H and O–H groups in total. The van der Waals surface area contributed by atoms with E-state index in [0.717, 1.165) is 11.3 Å². The first kappa shape index (κ1) is 15.9. The van der Waals surface area contributed by atoms with Gasteiger partial charge in [0, 0.05) is 24.2 Å². The van der Waals surface area contributed by atoms with Crippen LogP contribution in [0, 0.1) is 0 Å². The van der Waals surface area contributed by atoms with E-state index >= 15 is 0 Å². The van der Waals surface area contributed by atoms with Crippen molar-refractivity contribution in [3.63, 3.8) is 0 Å². The number of nitrogens with zero attached hydrogens (tertiary/aromatic N) is 6. The van der Waals surface area contributed by atoms with Gasteiger partial charge in [-0.15, -0.1) is 5.11 Å². The summed E-state index contributed by atoms with van der Waals surface area (Å²) in [6.45, 7) is 0. The summed E-state index contributed by atoms with van der Waals surface area (Å²) in [5, 5.41) is 17.4. The van der Waals surface area contributed by atoms with Gasteiger partial charge in [0.05, 0.1) is 10.7 Å². The van der Waals surface area contributed by atoms with Crippen LogP contribution >= 0.6 is 11.6 Å². The molecule has 0 saturated heterocycles. The van der Waals surface area contributed by atoms with Crippen LogP contribution in [0.4, 0.5) is 11.5 Å². The lowest BCUT2D eigenvalue weighted by Gasteiger charge is -2.04. The second-order valence-corrected chi connectivity index (χ2v) is 5.20. The fraction of sp³-hybridized carbons (Fsp3) is 0.0588. The van der Waals surface area contributed by atoms with Gasteiger partial charge in [-0.05, 0) is 30.3 Å². The van der Waals surface area contributed by atoms with E-state index in [0.29, 0.717) is 10.8 Å². The first-order valence-electron chi connectivity index (χ1n) is 7.19. The minimum atomic E-state index is -0.601. The Hall–Kier alpha value is -2.99. The highest BCUT2D eigenvalue weighted by Gasteiger charge is 2.09. The molecule has 3 rings (SSSR count). The Bertz CT molecular complexity index is 819. The maximum atomic E-state index is 5.81. The highest BCUT2D eigenvalue weighted by atomic mass is 35.5. The maximum Gasteiger partial charge on any atom is 0.208 e. The Labute approximate surface area is 144 Å². The molecular formula is C17H13ClN6. The molecule has 0 fully saturated rings. The van der Waals surface area contributed by atoms with Gasteiger partial charge < -0.3 is 0 Å². The number of hydrogen-bond acceptors (Lipinski definition) is 6. The van der Waals surface area contributed by atoms with Gasteiger partial charge in [0.25, 0.3) is 0 Å². The van der Waals surface area contributed by atoms with Gasteiger partial charge in [-0.1, -0.05) is 35.9 Å². The fourth-order valence-corrected chi connectivity index (χ4v) is 1.95. The Kier molecular flexibility index (Phi) is 5.32. The maximum absolute atomic E-state index is 5.81. The zero-order valence-corrected chi connectivity index (χ0v) is 13.3. The van der Waals surface area contributed by atoms with Gasteiger partial charge in [-0.3, -0.25) is 4.98 Å². The van der Waals surface area contributed by atoms with Crippen LogP contribution < -0.4 is 0 Å². The normalized spacial score (nSPS) is 12.7. The number of benzene rings is 1. The summed E-state index contributed by atoms with van der Waals surface area (Å²) < 4.78 is 0. The molecule has 0 spiro atoms. The Morgan fingerprint density at radius 1 is 0.833 bits per heavy atom.